The molecular formula is C13H11BrINO3. The summed E-state index contributed by atoms with van der Waals surface area (Å²) >= 11 is 5.68. The van der Waals surface area contributed by atoms with Gasteiger partial charge in [-0.1, -0.05) is 15.9 Å². The first-order chi connectivity index (χ1) is 9.02. The van der Waals surface area contributed by atoms with Gasteiger partial charge in [0.1, 0.15) is 5.76 Å². The van der Waals surface area contributed by atoms with E-state index in [2.05, 4.69) is 43.3 Å². The molecule has 0 saturated carbocycles. The zero-order valence-corrected chi connectivity index (χ0v) is 13.8. The Kier molecular flexibility index (Phi) is 4.64. The summed E-state index contributed by atoms with van der Waals surface area (Å²) in [4.78, 5) is 11.3. The van der Waals surface area contributed by atoms with Gasteiger partial charge in [-0.05, 0) is 58.5 Å². The highest BCUT2D eigenvalue weighted by molar-refractivity contribution is 14.1. The van der Waals surface area contributed by atoms with Gasteiger partial charge >= 0.3 is 5.97 Å². The monoisotopic (exact) mass is 435 g/mol. The Morgan fingerprint density at radius 1 is 1.42 bits per heavy atom. The SMILES string of the molecule is COC(=O)c1ccc(C(N)c2cc(I)ccc2Br)o1. The highest BCUT2D eigenvalue weighted by Gasteiger charge is 2.19. The van der Waals surface area contributed by atoms with Crippen molar-refractivity contribution < 1.29 is 13.9 Å². The molecule has 0 bridgehead atoms. The van der Waals surface area contributed by atoms with Crippen molar-refractivity contribution in [2.45, 2.75) is 6.04 Å². The van der Waals surface area contributed by atoms with Crippen LogP contribution >= 0.6 is 38.5 Å². The largest absolute Gasteiger partial charge is 0.463 e. The number of hydrogen-bond donors (Lipinski definition) is 1. The first-order valence-corrected chi connectivity index (χ1v) is 7.28. The number of ether oxygens (including phenoxy) is 1. The van der Waals surface area contributed by atoms with Gasteiger partial charge in [0.25, 0.3) is 0 Å². The normalized spacial score (nSPS) is 12.2. The Balaban J connectivity index is 2.33. The Bertz CT molecular complexity index is 612. The minimum atomic E-state index is -0.514. The smallest absolute Gasteiger partial charge is 0.373 e. The molecule has 1 unspecified atom stereocenters. The lowest BCUT2D eigenvalue weighted by Gasteiger charge is -2.12. The van der Waals surface area contributed by atoms with E-state index in [0.29, 0.717) is 5.76 Å². The number of methoxy groups -OCH3 is 1. The zero-order chi connectivity index (χ0) is 14.0. The number of benzene rings is 1. The number of rotatable bonds is 3. The minimum Gasteiger partial charge on any atom is -0.463 e. The number of esters is 1. The van der Waals surface area contributed by atoms with Crippen LogP contribution in [0.15, 0.2) is 39.2 Å². The summed E-state index contributed by atoms with van der Waals surface area (Å²) in [5.74, 6) is 0.151. The molecule has 4 nitrogen and oxygen atoms in total. The predicted octanol–water partition coefficient (Wildman–Crippen LogP) is 3.48. The van der Waals surface area contributed by atoms with Gasteiger partial charge in [0, 0.05) is 8.04 Å². The third-order valence-corrected chi connectivity index (χ3v) is 4.01. The number of nitrogens with two attached hydrogens (primary N) is 1. The van der Waals surface area contributed by atoms with Gasteiger partial charge in [0.15, 0.2) is 0 Å². The Morgan fingerprint density at radius 3 is 2.84 bits per heavy atom. The summed E-state index contributed by atoms with van der Waals surface area (Å²) in [5, 5.41) is 0. The molecule has 2 N–H and O–H groups in total. The van der Waals surface area contributed by atoms with E-state index in [4.69, 9.17) is 10.2 Å². The molecule has 19 heavy (non-hydrogen) atoms. The molecule has 100 valence electrons. The van der Waals surface area contributed by atoms with Crippen molar-refractivity contribution in [3.05, 3.63) is 55.5 Å². The average molecular weight is 436 g/mol. The van der Waals surface area contributed by atoms with Gasteiger partial charge in [-0.25, -0.2) is 4.79 Å². The number of carbonyl (C=O) groups is 1. The molecule has 2 rings (SSSR count). The summed E-state index contributed by atoms with van der Waals surface area (Å²) in [6.07, 6.45) is 0. The van der Waals surface area contributed by atoms with Gasteiger partial charge in [0.05, 0.1) is 13.2 Å². The van der Waals surface area contributed by atoms with E-state index in [1.165, 1.54) is 7.11 Å². The molecule has 0 aliphatic carbocycles. The molecule has 1 aromatic carbocycles. The van der Waals surface area contributed by atoms with Crippen molar-refractivity contribution in [3.8, 4) is 0 Å². The molecule has 0 fully saturated rings. The third kappa shape index (κ3) is 3.18. The second-order valence-corrected chi connectivity index (χ2v) is 5.94. The van der Waals surface area contributed by atoms with E-state index >= 15 is 0 Å². The number of furan rings is 1. The fraction of sp³-hybridized carbons (Fsp3) is 0.154. The van der Waals surface area contributed by atoms with Crippen LogP contribution < -0.4 is 5.73 Å². The molecule has 0 saturated heterocycles. The number of hydrogen-bond acceptors (Lipinski definition) is 4. The fourth-order valence-corrected chi connectivity index (χ4v) is 2.65. The molecule has 0 spiro atoms. The summed E-state index contributed by atoms with van der Waals surface area (Å²) in [7, 11) is 1.31. The summed E-state index contributed by atoms with van der Waals surface area (Å²) in [6.45, 7) is 0. The van der Waals surface area contributed by atoms with Crippen LogP contribution in [-0.2, 0) is 4.74 Å². The van der Waals surface area contributed by atoms with Crippen LogP contribution in [0.2, 0.25) is 0 Å². The first-order valence-electron chi connectivity index (χ1n) is 5.41. The van der Waals surface area contributed by atoms with Crippen molar-refractivity contribution in [2.24, 2.45) is 5.73 Å². The van der Waals surface area contributed by atoms with E-state index in [1.54, 1.807) is 12.1 Å². The van der Waals surface area contributed by atoms with Gasteiger partial charge in [-0.3, -0.25) is 0 Å². The van der Waals surface area contributed by atoms with Crippen LogP contribution in [0.5, 0.6) is 0 Å². The quantitative estimate of drug-likeness (QED) is 0.592. The Morgan fingerprint density at radius 2 is 2.16 bits per heavy atom. The maximum atomic E-state index is 11.3. The Labute approximate surface area is 132 Å². The molecule has 1 heterocycles. The molecular weight excluding hydrogens is 425 g/mol. The van der Waals surface area contributed by atoms with E-state index in [-0.39, 0.29) is 5.76 Å². The van der Waals surface area contributed by atoms with Crippen molar-refractivity contribution in [1.82, 2.24) is 0 Å². The van der Waals surface area contributed by atoms with E-state index in [1.807, 2.05) is 18.2 Å². The minimum absolute atomic E-state index is 0.148. The highest BCUT2D eigenvalue weighted by Crippen LogP contribution is 2.29. The molecule has 0 amide bonds. The van der Waals surface area contributed by atoms with Crippen molar-refractivity contribution in [2.75, 3.05) is 7.11 Å². The van der Waals surface area contributed by atoms with E-state index in [9.17, 15) is 4.79 Å². The molecule has 0 radical (unpaired) electrons. The standard InChI is InChI=1S/C13H11BrINO3/c1-18-13(17)11-5-4-10(19-11)12(16)8-6-7(15)2-3-9(8)14/h2-6,12H,16H2,1H3. The summed E-state index contributed by atoms with van der Waals surface area (Å²) in [6, 6.07) is 8.67. The molecule has 0 aliphatic rings. The number of halogens is 2. The van der Waals surface area contributed by atoms with Crippen LogP contribution in [0.1, 0.15) is 27.9 Å². The molecule has 1 aromatic heterocycles. The predicted molar refractivity (Wildman–Crippen MR) is 82.9 cm³/mol. The molecule has 6 heteroatoms. The molecule has 1 atom stereocenters. The van der Waals surface area contributed by atoms with E-state index in [0.717, 1.165) is 13.6 Å². The molecule has 0 aliphatic heterocycles. The lowest BCUT2D eigenvalue weighted by Crippen LogP contribution is -2.12. The molecule has 2 aromatic rings. The lowest BCUT2D eigenvalue weighted by molar-refractivity contribution is 0.0562. The van der Waals surface area contributed by atoms with Crippen molar-refractivity contribution >= 4 is 44.5 Å². The van der Waals surface area contributed by atoms with Gasteiger partial charge in [0.2, 0.25) is 5.76 Å². The maximum Gasteiger partial charge on any atom is 0.373 e. The van der Waals surface area contributed by atoms with Gasteiger partial charge < -0.3 is 14.9 Å². The van der Waals surface area contributed by atoms with Crippen LogP contribution in [0, 0.1) is 3.57 Å². The highest BCUT2D eigenvalue weighted by atomic mass is 127. The Hall–Kier alpha value is -0.860. The lowest BCUT2D eigenvalue weighted by atomic mass is 10.1. The van der Waals surface area contributed by atoms with E-state index < -0.39 is 12.0 Å². The van der Waals surface area contributed by atoms with Crippen LogP contribution in [0.25, 0.3) is 0 Å². The number of carbonyl (C=O) groups excluding carboxylic acids is 1. The second-order valence-electron chi connectivity index (χ2n) is 3.84. The van der Waals surface area contributed by atoms with Crippen molar-refractivity contribution in [3.63, 3.8) is 0 Å². The van der Waals surface area contributed by atoms with Gasteiger partial charge in [-0.2, -0.15) is 0 Å². The average Bonchev–Trinajstić information content (AvgIpc) is 2.89. The van der Waals surface area contributed by atoms with Crippen LogP contribution in [0.3, 0.4) is 0 Å². The maximum absolute atomic E-state index is 11.3. The second kappa shape index (κ2) is 6.06. The van der Waals surface area contributed by atoms with Crippen LogP contribution in [-0.4, -0.2) is 13.1 Å². The van der Waals surface area contributed by atoms with Crippen molar-refractivity contribution in [1.29, 1.82) is 0 Å². The topological polar surface area (TPSA) is 65.5 Å². The first kappa shape index (κ1) is 14.5. The fourth-order valence-electron chi connectivity index (χ4n) is 1.64. The van der Waals surface area contributed by atoms with Gasteiger partial charge in [-0.15, -0.1) is 0 Å². The summed E-state index contributed by atoms with van der Waals surface area (Å²) < 4.78 is 12.0. The summed E-state index contributed by atoms with van der Waals surface area (Å²) in [5.41, 5.74) is 7.06. The third-order valence-electron chi connectivity index (χ3n) is 2.61. The zero-order valence-electron chi connectivity index (χ0n) is 10.0. The van der Waals surface area contributed by atoms with Crippen LogP contribution in [0.4, 0.5) is 0 Å².